The van der Waals surface area contributed by atoms with Gasteiger partial charge in [0.2, 0.25) is 0 Å². The van der Waals surface area contributed by atoms with Gasteiger partial charge in [0.05, 0.1) is 13.0 Å². The maximum Gasteiger partial charge on any atom is 0.411 e. The van der Waals surface area contributed by atoms with Gasteiger partial charge in [-0.1, -0.05) is 60.7 Å². The lowest BCUT2D eigenvalue weighted by molar-refractivity contribution is -0.171. The maximum absolute atomic E-state index is 13.5. The van der Waals surface area contributed by atoms with Crippen LogP contribution < -0.4 is 4.74 Å². The van der Waals surface area contributed by atoms with E-state index in [1.807, 2.05) is 48.5 Å². The number of ether oxygens (including phenoxy) is 2. The molecular weight excluding hydrogens is 407 g/mol. The van der Waals surface area contributed by atoms with Crippen LogP contribution in [0.5, 0.6) is 11.5 Å². The molecule has 1 fully saturated rings. The van der Waals surface area contributed by atoms with Crippen LogP contribution in [-0.4, -0.2) is 23.7 Å². The summed E-state index contributed by atoms with van der Waals surface area (Å²) in [7, 11) is 0. The van der Waals surface area contributed by atoms with Gasteiger partial charge >= 0.3 is 12.3 Å². The minimum atomic E-state index is -4.51. The van der Waals surface area contributed by atoms with Crippen molar-refractivity contribution in [3.8, 4) is 11.5 Å². The van der Waals surface area contributed by atoms with Crippen molar-refractivity contribution in [2.45, 2.75) is 24.7 Å². The van der Waals surface area contributed by atoms with Crippen LogP contribution in [0.1, 0.15) is 17.5 Å². The van der Waals surface area contributed by atoms with E-state index in [0.29, 0.717) is 11.5 Å². The number of nitrogens with zero attached hydrogens (tertiary/aromatic N) is 1. The monoisotopic (exact) mass is 427 g/mol. The smallest absolute Gasteiger partial charge is 0.411 e. The Morgan fingerprint density at radius 1 is 0.871 bits per heavy atom. The molecule has 0 aliphatic carbocycles. The van der Waals surface area contributed by atoms with E-state index < -0.39 is 24.3 Å². The molecule has 31 heavy (non-hydrogen) atoms. The molecule has 0 N–H and O–H groups in total. The van der Waals surface area contributed by atoms with Crippen LogP contribution in [0.2, 0.25) is 0 Å². The number of halogens is 3. The molecule has 3 aromatic rings. The SMILES string of the molecule is O=C1OC(CC(F)(F)F)(c2ccc(Oc3ccccc3)cc2)CN1Cc1ccccc1. The van der Waals surface area contributed by atoms with E-state index in [4.69, 9.17) is 9.47 Å². The van der Waals surface area contributed by atoms with Gasteiger partial charge in [0.1, 0.15) is 11.5 Å². The molecule has 4 nitrogen and oxygen atoms in total. The summed E-state index contributed by atoms with van der Waals surface area (Å²) in [5.74, 6) is 1.09. The standard InChI is InChI=1S/C24H20F3NO3/c25-24(26,27)16-23(17-28(22(29)31-23)15-18-7-3-1-4-8-18)19-11-13-21(14-12-19)30-20-9-5-2-6-10-20/h1-14H,15-17H2. The Morgan fingerprint density at radius 2 is 1.45 bits per heavy atom. The highest BCUT2D eigenvalue weighted by atomic mass is 19.4. The number of para-hydroxylation sites is 1. The molecule has 0 radical (unpaired) electrons. The third-order valence-electron chi connectivity index (χ3n) is 5.05. The van der Waals surface area contributed by atoms with Crippen LogP contribution in [0.4, 0.5) is 18.0 Å². The van der Waals surface area contributed by atoms with Gasteiger partial charge in [-0.15, -0.1) is 0 Å². The van der Waals surface area contributed by atoms with Gasteiger partial charge in [0.15, 0.2) is 5.60 Å². The molecule has 0 aromatic heterocycles. The highest BCUT2D eigenvalue weighted by Gasteiger charge is 2.53. The molecule has 1 unspecified atom stereocenters. The van der Waals surface area contributed by atoms with Crippen LogP contribution in [0.15, 0.2) is 84.9 Å². The molecule has 7 heteroatoms. The minimum absolute atomic E-state index is 0.175. The number of rotatable bonds is 6. The Labute approximate surface area is 177 Å². The lowest BCUT2D eigenvalue weighted by atomic mass is 9.89. The average molecular weight is 427 g/mol. The fourth-order valence-corrected chi connectivity index (χ4v) is 3.68. The summed E-state index contributed by atoms with van der Waals surface area (Å²) in [5, 5.41) is 0. The van der Waals surface area contributed by atoms with E-state index in [1.165, 1.54) is 17.0 Å². The summed E-state index contributed by atoms with van der Waals surface area (Å²) in [6.07, 6.45) is -6.55. The molecule has 1 amide bonds. The van der Waals surface area contributed by atoms with Gasteiger partial charge < -0.3 is 9.47 Å². The zero-order chi connectivity index (χ0) is 21.9. The second-order valence-corrected chi connectivity index (χ2v) is 7.44. The van der Waals surface area contributed by atoms with E-state index in [2.05, 4.69) is 0 Å². The number of alkyl halides is 3. The van der Waals surface area contributed by atoms with Crippen LogP contribution in [0.3, 0.4) is 0 Å². The number of hydrogen-bond acceptors (Lipinski definition) is 3. The van der Waals surface area contributed by atoms with Crippen molar-refractivity contribution in [3.05, 3.63) is 96.1 Å². The normalized spacial score (nSPS) is 18.7. The van der Waals surface area contributed by atoms with Gasteiger partial charge in [0.25, 0.3) is 0 Å². The zero-order valence-corrected chi connectivity index (χ0v) is 16.5. The Hall–Kier alpha value is -3.48. The van der Waals surface area contributed by atoms with Crippen LogP contribution in [0.25, 0.3) is 0 Å². The average Bonchev–Trinajstić information content (AvgIpc) is 3.04. The van der Waals surface area contributed by atoms with Crippen LogP contribution >= 0.6 is 0 Å². The predicted octanol–water partition coefficient (Wildman–Crippen LogP) is 6.28. The molecule has 3 aromatic carbocycles. The third kappa shape index (κ3) is 4.99. The van der Waals surface area contributed by atoms with Crippen molar-refractivity contribution in [1.82, 2.24) is 4.90 Å². The largest absolute Gasteiger partial charge is 0.457 e. The van der Waals surface area contributed by atoms with Gasteiger partial charge in [-0.2, -0.15) is 13.2 Å². The number of amides is 1. The highest BCUT2D eigenvalue weighted by molar-refractivity contribution is 5.71. The Balaban J connectivity index is 1.58. The van der Waals surface area contributed by atoms with Gasteiger partial charge in [0, 0.05) is 6.54 Å². The molecule has 1 aliphatic rings. The van der Waals surface area contributed by atoms with E-state index in [1.54, 1.807) is 24.3 Å². The summed E-state index contributed by atoms with van der Waals surface area (Å²) >= 11 is 0. The first-order chi connectivity index (χ1) is 14.8. The van der Waals surface area contributed by atoms with Crippen molar-refractivity contribution in [2.24, 2.45) is 0 Å². The number of cyclic esters (lactones) is 1. The fraction of sp³-hybridized carbons (Fsp3) is 0.208. The molecule has 1 atom stereocenters. The summed E-state index contributed by atoms with van der Waals surface area (Å²) in [6, 6.07) is 24.3. The fourth-order valence-electron chi connectivity index (χ4n) is 3.68. The topological polar surface area (TPSA) is 38.8 Å². The Bertz CT molecular complexity index is 1020. The lowest BCUT2D eigenvalue weighted by Gasteiger charge is -2.28. The Morgan fingerprint density at radius 3 is 2.06 bits per heavy atom. The first kappa shape index (κ1) is 20.8. The van der Waals surface area contributed by atoms with Crippen LogP contribution in [-0.2, 0) is 16.9 Å². The van der Waals surface area contributed by atoms with E-state index in [9.17, 15) is 18.0 Å². The second-order valence-electron chi connectivity index (χ2n) is 7.44. The van der Waals surface area contributed by atoms with Crippen molar-refractivity contribution in [2.75, 3.05) is 6.54 Å². The first-order valence-electron chi connectivity index (χ1n) is 9.75. The number of benzene rings is 3. The van der Waals surface area contributed by atoms with Gasteiger partial charge in [-0.05, 0) is 35.4 Å². The van der Waals surface area contributed by atoms with Gasteiger partial charge in [-0.3, -0.25) is 4.90 Å². The van der Waals surface area contributed by atoms with Gasteiger partial charge in [-0.25, -0.2) is 4.79 Å². The summed E-state index contributed by atoms with van der Waals surface area (Å²) in [6.45, 7) is -0.0202. The molecule has 1 heterocycles. The van der Waals surface area contributed by atoms with Crippen molar-refractivity contribution in [1.29, 1.82) is 0 Å². The number of hydrogen-bond donors (Lipinski definition) is 0. The Kier molecular flexibility index (Phi) is 5.59. The predicted molar refractivity (Wildman–Crippen MR) is 109 cm³/mol. The van der Waals surface area contributed by atoms with Crippen molar-refractivity contribution in [3.63, 3.8) is 0 Å². The molecule has 160 valence electrons. The summed E-state index contributed by atoms with van der Waals surface area (Å²) in [4.78, 5) is 13.8. The van der Waals surface area contributed by atoms with E-state index in [-0.39, 0.29) is 18.7 Å². The van der Waals surface area contributed by atoms with Crippen molar-refractivity contribution < 1.29 is 27.4 Å². The minimum Gasteiger partial charge on any atom is -0.457 e. The maximum atomic E-state index is 13.5. The summed E-state index contributed by atoms with van der Waals surface area (Å²) in [5.41, 5.74) is -0.724. The number of carbonyl (C=O) groups is 1. The number of carbonyl (C=O) groups excluding carboxylic acids is 1. The van der Waals surface area contributed by atoms with Crippen LogP contribution in [0, 0.1) is 0 Å². The molecule has 1 aliphatic heterocycles. The molecule has 4 rings (SSSR count). The van der Waals surface area contributed by atoms with E-state index >= 15 is 0 Å². The quantitative estimate of drug-likeness (QED) is 0.465. The second kappa shape index (κ2) is 8.34. The highest BCUT2D eigenvalue weighted by Crippen LogP contribution is 2.43. The van der Waals surface area contributed by atoms with Crippen molar-refractivity contribution >= 4 is 6.09 Å². The molecule has 1 saturated heterocycles. The lowest BCUT2D eigenvalue weighted by Crippen LogP contribution is -2.36. The molecule has 0 bridgehead atoms. The van der Waals surface area contributed by atoms with E-state index in [0.717, 1.165) is 5.56 Å². The third-order valence-corrected chi connectivity index (χ3v) is 5.05. The first-order valence-corrected chi connectivity index (χ1v) is 9.75. The molecule has 0 spiro atoms. The zero-order valence-electron chi connectivity index (χ0n) is 16.5. The molecular formula is C24H20F3NO3. The summed E-state index contributed by atoms with van der Waals surface area (Å²) < 4.78 is 51.4. The molecule has 0 saturated carbocycles.